The van der Waals surface area contributed by atoms with Crippen molar-refractivity contribution in [2.45, 2.75) is 45.1 Å². The summed E-state index contributed by atoms with van der Waals surface area (Å²) in [6, 6.07) is 5.99. The molecule has 0 atom stereocenters. The molecule has 0 aliphatic carbocycles. The first kappa shape index (κ1) is 17.4. The quantitative estimate of drug-likeness (QED) is 0.881. The van der Waals surface area contributed by atoms with Gasteiger partial charge in [-0.05, 0) is 32.4 Å². The highest BCUT2D eigenvalue weighted by molar-refractivity contribution is 7.85. The predicted molar refractivity (Wildman–Crippen MR) is 82.9 cm³/mol. The van der Waals surface area contributed by atoms with Crippen molar-refractivity contribution in [3.63, 3.8) is 0 Å². The zero-order valence-electron chi connectivity index (χ0n) is 12.7. The molecule has 1 aromatic heterocycles. The lowest BCUT2D eigenvalue weighted by atomic mass is 10.2. The van der Waals surface area contributed by atoms with E-state index in [2.05, 4.69) is 23.4 Å². The average Bonchev–Trinajstić information content (AvgIpc) is 2.87. The van der Waals surface area contributed by atoms with Crippen molar-refractivity contribution in [2.24, 2.45) is 0 Å². The van der Waals surface area contributed by atoms with Gasteiger partial charge in [-0.1, -0.05) is 24.6 Å². The van der Waals surface area contributed by atoms with Crippen LogP contribution in [0.2, 0.25) is 0 Å². The highest BCUT2D eigenvalue weighted by Crippen LogP contribution is 2.08. The first-order valence-corrected chi connectivity index (χ1v) is 8.36. The monoisotopic (exact) mass is 310 g/mol. The Morgan fingerprint density at radius 3 is 2.29 bits per heavy atom. The van der Waals surface area contributed by atoms with Crippen molar-refractivity contribution in [1.29, 1.82) is 0 Å². The van der Waals surface area contributed by atoms with Gasteiger partial charge in [0.15, 0.2) is 0 Å². The summed E-state index contributed by atoms with van der Waals surface area (Å²) in [5, 5.41) is 0. The molecule has 2 rings (SSSR count). The molecule has 0 unspecified atom stereocenters. The standard InChI is InChI=1S/C8H14N2.C7H8O3S/c1-3-5-8-9-6-7-10(8)4-2;1-6-2-4-7(5-3-6)11(8,9)10/h6-7H,3-5H2,1-2H3;2-5H,1H3,(H,8,9,10). The Balaban J connectivity index is 0.000000211. The van der Waals surface area contributed by atoms with Gasteiger partial charge in [0.05, 0.1) is 4.90 Å². The van der Waals surface area contributed by atoms with Gasteiger partial charge in [-0.2, -0.15) is 8.42 Å². The van der Waals surface area contributed by atoms with Crippen LogP contribution in [0, 0.1) is 6.92 Å². The minimum absolute atomic E-state index is 0.0666. The number of rotatable bonds is 4. The molecule has 0 aliphatic rings. The maximum atomic E-state index is 10.5. The van der Waals surface area contributed by atoms with E-state index in [-0.39, 0.29) is 4.90 Å². The van der Waals surface area contributed by atoms with Crippen LogP contribution < -0.4 is 0 Å². The zero-order chi connectivity index (χ0) is 15.9. The maximum Gasteiger partial charge on any atom is 0.294 e. The molecule has 6 heteroatoms. The Hall–Kier alpha value is -1.66. The summed E-state index contributed by atoms with van der Waals surface area (Å²) in [5.74, 6) is 1.21. The molecule has 2 aromatic rings. The van der Waals surface area contributed by atoms with E-state index in [0.29, 0.717) is 0 Å². The summed E-state index contributed by atoms with van der Waals surface area (Å²) >= 11 is 0. The molecular formula is C15H22N2O3S. The second kappa shape index (κ2) is 7.95. The van der Waals surface area contributed by atoms with Crippen LogP contribution in [0.25, 0.3) is 0 Å². The smallest absolute Gasteiger partial charge is 0.294 e. The van der Waals surface area contributed by atoms with Gasteiger partial charge < -0.3 is 4.57 Å². The molecule has 0 fully saturated rings. The Bertz CT molecular complexity index is 646. The number of benzene rings is 1. The third-order valence-electron chi connectivity index (χ3n) is 2.93. The Morgan fingerprint density at radius 2 is 1.81 bits per heavy atom. The van der Waals surface area contributed by atoms with Crippen molar-refractivity contribution >= 4 is 10.1 Å². The Kier molecular flexibility index (Phi) is 6.58. The van der Waals surface area contributed by atoms with E-state index in [4.69, 9.17) is 4.55 Å². The van der Waals surface area contributed by atoms with Gasteiger partial charge in [0.2, 0.25) is 0 Å². The molecule has 1 heterocycles. The number of hydrogen-bond donors (Lipinski definition) is 1. The van der Waals surface area contributed by atoms with Crippen LogP contribution in [-0.2, 0) is 23.1 Å². The summed E-state index contributed by atoms with van der Waals surface area (Å²) in [7, 11) is -4.02. The Morgan fingerprint density at radius 1 is 1.19 bits per heavy atom. The van der Waals surface area contributed by atoms with Gasteiger partial charge in [-0.15, -0.1) is 0 Å². The number of aromatic nitrogens is 2. The van der Waals surface area contributed by atoms with Crippen molar-refractivity contribution in [1.82, 2.24) is 9.55 Å². The highest BCUT2D eigenvalue weighted by Gasteiger charge is 2.06. The summed E-state index contributed by atoms with van der Waals surface area (Å²) in [6.45, 7) is 7.19. The molecule has 116 valence electrons. The number of imidazole rings is 1. The predicted octanol–water partition coefficient (Wildman–Crippen LogP) is 3.10. The normalized spacial score (nSPS) is 10.9. The van der Waals surface area contributed by atoms with Crippen LogP contribution in [0.15, 0.2) is 41.6 Å². The van der Waals surface area contributed by atoms with Gasteiger partial charge in [0, 0.05) is 25.4 Å². The maximum absolute atomic E-state index is 10.5. The molecule has 1 N–H and O–H groups in total. The Labute approximate surface area is 126 Å². The van der Waals surface area contributed by atoms with Crippen LogP contribution in [0.3, 0.4) is 0 Å². The van der Waals surface area contributed by atoms with Gasteiger partial charge >= 0.3 is 0 Å². The van der Waals surface area contributed by atoms with Crippen molar-refractivity contribution < 1.29 is 13.0 Å². The van der Waals surface area contributed by atoms with Crippen molar-refractivity contribution in [3.8, 4) is 0 Å². The second-order valence-corrected chi connectivity index (χ2v) is 6.09. The minimum Gasteiger partial charge on any atom is -0.335 e. The first-order valence-electron chi connectivity index (χ1n) is 6.92. The fourth-order valence-electron chi connectivity index (χ4n) is 1.79. The number of nitrogens with zero attached hydrogens (tertiary/aromatic N) is 2. The fourth-order valence-corrected chi connectivity index (χ4v) is 2.27. The van der Waals surface area contributed by atoms with Gasteiger partial charge in [0.25, 0.3) is 10.1 Å². The molecule has 0 saturated heterocycles. The summed E-state index contributed by atoms with van der Waals surface area (Å²) in [4.78, 5) is 4.17. The van der Waals surface area contributed by atoms with E-state index in [1.165, 1.54) is 24.4 Å². The zero-order valence-corrected chi connectivity index (χ0v) is 13.5. The lowest BCUT2D eigenvalue weighted by Crippen LogP contribution is -1.99. The van der Waals surface area contributed by atoms with E-state index in [9.17, 15) is 8.42 Å². The lowest BCUT2D eigenvalue weighted by molar-refractivity contribution is 0.483. The lowest BCUT2D eigenvalue weighted by Gasteiger charge is -2.00. The third-order valence-corrected chi connectivity index (χ3v) is 3.80. The minimum atomic E-state index is -4.02. The van der Waals surface area contributed by atoms with E-state index in [1.807, 2.05) is 19.3 Å². The SMILES string of the molecule is CCCc1nccn1CC.Cc1ccc(S(=O)(=O)O)cc1. The molecule has 21 heavy (non-hydrogen) atoms. The molecule has 0 saturated carbocycles. The van der Waals surface area contributed by atoms with E-state index >= 15 is 0 Å². The van der Waals surface area contributed by atoms with Crippen LogP contribution in [0.1, 0.15) is 31.7 Å². The highest BCUT2D eigenvalue weighted by atomic mass is 32.2. The van der Waals surface area contributed by atoms with Crippen molar-refractivity contribution in [3.05, 3.63) is 48.0 Å². The van der Waals surface area contributed by atoms with Crippen LogP contribution in [0.5, 0.6) is 0 Å². The number of aryl methyl sites for hydroxylation is 3. The van der Waals surface area contributed by atoms with Crippen LogP contribution in [-0.4, -0.2) is 22.5 Å². The first-order chi connectivity index (χ1) is 9.88. The van der Waals surface area contributed by atoms with Crippen molar-refractivity contribution in [2.75, 3.05) is 0 Å². The fraction of sp³-hybridized carbons (Fsp3) is 0.400. The molecule has 0 radical (unpaired) electrons. The molecule has 0 aliphatic heterocycles. The van der Waals surface area contributed by atoms with E-state index in [1.54, 1.807) is 12.1 Å². The molecule has 0 bridgehead atoms. The topological polar surface area (TPSA) is 72.2 Å². The van der Waals surface area contributed by atoms with Gasteiger partial charge in [-0.3, -0.25) is 4.55 Å². The third kappa shape index (κ3) is 5.69. The second-order valence-electron chi connectivity index (χ2n) is 4.67. The molecule has 0 amide bonds. The van der Waals surface area contributed by atoms with E-state index in [0.717, 1.165) is 18.5 Å². The summed E-state index contributed by atoms with van der Waals surface area (Å²) < 4.78 is 31.7. The van der Waals surface area contributed by atoms with Crippen LogP contribution in [0.4, 0.5) is 0 Å². The average molecular weight is 310 g/mol. The van der Waals surface area contributed by atoms with Gasteiger partial charge in [-0.25, -0.2) is 4.98 Å². The largest absolute Gasteiger partial charge is 0.335 e. The van der Waals surface area contributed by atoms with E-state index < -0.39 is 10.1 Å². The summed E-state index contributed by atoms with van der Waals surface area (Å²) in [6.07, 6.45) is 6.18. The molecule has 1 aromatic carbocycles. The number of hydrogen-bond acceptors (Lipinski definition) is 3. The van der Waals surface area contributed by atoms with Crippen LogP contribution >= 0.6 is 0 Å². The molecular weight excluding hydrogens is 288 g/mol. The molecule has 0 spiro atoms. The molecule has 5 nitrogen and oxygen atoms in total. The summed E-state index contributed by atoms with van der Waals surface area (Å²) in [5.41, 5.74) is 0.956. The van der Waals surface area contributed by atoms with Gasteiger partial charge in [0.1, 0.15) is 5.82 Å².